The van der Waals surface area contributed by atoms with Crippen molar-refractivity contribution in [1.29, 1.82) is 0 Å². The highest BCUT2D eigenvalue weighted by atomic mass is 79.9. The molecule has 1 aromatic heterocycles. The van der Waals surface area contributed by atoms with Gasteiger partial charge in [-0.05, 0) is 36.8 Å². The van der Waals surface area contributed by atoms with Crippen LogP contribution in [0.15, 0.2) is 51.9 Å². The Kier molecular flexibility index (Phi) is 6.38. The Hall–Kier alpha value is -1.79. The minimum absolute atomic E-state index is 0.0482. The van der Waals surface area contributed by atoms with Crippen LogP contribution < -0.4 is 15.4 Å². The summed E-state index contributed by atoms with van der Waals surface area (Å²) in [5.41, 5.74) is 2.15. The number of anilines is 2. The maximum absolute atomic E-state index is 12.4. The van der Waals surface area contributed by atoms with Crippen LogP contribution in [0.25, 0.3) is 0 Å². The van der Waals surface area contributed by atoms with E-state index in [0.29, 0.717) is 13.0 Å². The monoisotopic (exact) mass is 419 g/mol. The molecule has 1 N–H and O–H groups in total. The Morgan fingerprint density at radius 2 is 1.65 bits per heavy atom. The van der Waals surface area contributed by atoms with Crippen LogP contribution in [0, 0.1) is 0 Å². The molecule has 1 saturated heterocycles. The smallest absolute Gasteiger partial charge is 0.252 e. The van der Waals surface area contributed by atoms with Crippen molar-refractivity contribution < 1.29 is 5.11 Å². The summed E-state index contributed by atoms with van der Waals surface area (Å²) in [6, 6.07) is 12.1. The van der Waals surface area contributed by atoms with Gasteiger partial charge >= 0.3 is 0 Å². The molecule has 2 heterocycles. The summed E-state index contributed by atoms with van der Waals surface area (Å²) in [5, 5.41) is 9.92. The second kappa shape index (κ2) is 8.73. The SMILES string of the molecule is CCCC(O)Cn1ccc(N2CCN(c3ccc(Br)cc3)CC2)cc1=O. The van der Waals surface area contributed by atoms with Gasteiger partial charge in [0, 0.05) is 54.3 Å². The van der Waals surface area contributed by atoms with Gasteiger partial charge in [-0.15, -0.1) is 0 Å². The van der Waals surface area contributed by atoms with E-state index in [1.807, 2.05) is 13.0 Å². The average molecular weight is 420 g/mol. The highest BCUT2D eigenvalue weighted by Crippen LogP contribution is 2.21. The van der Waals surface area contributed by atoms with Crippen LogP contribution in [0.5, 0.6) is 0 Å². The van der Waals surface area contributed by atoms with Crippen LogP contribution in [0.2, 0.25) is 0 Å². The molecule has 26 heavy (non-hydrogen) atoms. The van der Waals surface area contributed by atoms with E-state index in [2.05, 4.69) is 50.0 Å². The van der Waals surface area contributed by atoms with Crippen molar-refractivity contribution in [3.05, 3.63) is 57.4 Å². The van der Waals surface area contributed by atoms with Gasteiger partial charge in [0.15, 0.2) is 0 Å². The summed E-state index contributed by atoms with van der Waals surface area (Å²) in [6.45, 7) is 6.03. The maximum Gasteiger partial charge on any atom is 0.252 e. The molecule has 0 bridgehead atoms. The molecule has 1 aliphatic rings. The van der Waals surface area contributed by atoms with Gasteiger partial charge in [-0.1, -0.05) is 29.3 Å². The number of aromatic nitrogens is 1. The number of halogens is 1. The van der Waals surface area contributed by atoms with Gasteiger partial charge in [0.25, 0.3) is 5.56 Å². The summed E-state index contributed by atoms with van der Waals surface area (Å²) in [6.07, 6.45) is 2.97. The van der Waals surface area contributed by atoms with Crippen LogP contribution >= 0.6 is 15.9 Å². The van der Waals surface area contributed by atoms with Crippen molar-refractivity contribution in [3.63, 3.8) is 0 Å². The molecule has 3 rings (SSSR count). The molecule has 0 amide bonds. The summed E-state index contributed by atoms with van der Waals surface area (Å²) < 4.78 is 2.69. The third-order valence-electron chi connectivity index (χ3n) is 4.85. The first-order valence-electron chi connectivity index (χ1n) is 9.21. The molecule has 0 radical (unpaired) electrons. The minimum atomic E-state index is -0.460. The lowest BCUT2D eigenvalue weighted by molar-refractivity contribution is 0.142. The summed E-state index contributed by atoms with van der Waals surface area (Å²) in [5.74, 6) is 0. The maximum atomic E-state index is 12.4. The molecule has 0 saturated carbocycles. The van der Waals surface area contributed by atoms with Gasteiger partial charge in [-0.3, -0.25) is 4.79 Å². The normalized spacial score (nSPS) is 16.0. The van der Waals surface area contributed by atoms with Crippen molar-refractivity contribution >= 4 is 27.3 Å². The lowest BCUT2D eigenvalue weighted by Gasteiger charge is -2.37. The standard InChI is InChI=1S/C20H26BrN3O2/c1-2-3-19(25)15-24-9-8-18(14-20(24)26)23-12-10-22(11-13-23)17-6-4-16(21)5-7-17/h4-9,14,19,25H,2-3,10-13,15H2,1H3. The fourth-order valence-electron chi connectivity index (χ4n) is 3.37. The van der Waals surface area contributed by atoms with E-state index < -0.39 is 6.10 Å². The van der Waals surface area contributed by atoms with E-state index in [-0.39, 0.29) is 5.56 Å². The van der Waals surface area contributed by atoms with Gasteiger partial charge in [0.05, 0.1) is 12.6 Å². The van der Waals surface area contributed by atoms with Crippen LogP contribution in [-0.4, -0.2) is 42.0 Å². The lowest BCUT2D eigenvalue weighted by Crippen LogP contribution is -2.46. The van der Waals surface area contributed by atoms with E-state index >= 15 is 0 Å². The van der Waals surface area contributed by atoms with Gasteiger partial charge in [-0.2, -0.15) is 0 Å². The predicted octanol–water partition coefficient (Wildman–Crippen LogP) is 3.10. The molecular formula is C20H26BrN3O2. The van der Waals surface area contributed by atoms with E-state index in [1.165, 1.54) is 5.69 Å². The number of aliphatic hydroxyl groups is 1. The molecule has 0 spiro atoms. The highest BCUT2D eigenvalue weighted by molar-refractivity contribution is 9.10. The van der Waals surface area contributed by atoms with Crippen molar-refractivity contribution in [3.8, 4) is 0 Å². The molecule has 1 aliphatic heterocycles. The van der Waals surface area contributed by atoms with Crippen LogP contribution in [0.1, 0.15) is 19.8 Å². The zero-order chi connectivity index (χ0) is 18.5. The number of hydrogen-bond acceptors (Lipinski definition) is 4. The van der Waals surface area contributed by atoms with E-state index in [4.69, 9.17) is 0 Å². The van der Waals surface area contributed by atoms with E-state index in [1.54, 1.807) is 16.8 Å². The number of pyridine rings is 1. The summed E-state index contributed by atoms with van der Waals surface area (Å²) >= 11 is 3.47. The molecular weight excluding hydrogens is 394 g/mol. The Bertz CT molecular complexity index is 767. The second-order valence-corrected chi connectivity index (χ2v) is 7.68. The fourth-order valence-corrected chi connectivity index (χ4v) is 3.64. The zero-order valence-corrected chi connectivity index (χ0v) is 16.7. The lowest BCUT2D eigenvalue weighted by atomic mass is 10.2. The third kappa shape index (κ3) is 4.68. The zero-order valence-electron chi connectivity index (χ0n) is 15.1. The number of hydrogen-bond donors (Lipinski definition) is 1. The number of benzene rings is 1. The third-order valence-corrected chi connectivity index (χ3v) is 5.37. The topological polar surface area (TPSA) is 48.7 Å². The molecule has 6 heteroatoms. The molecule has 2 aromatic rings. The average Bonchev–Trinajstić information content (AvgIpc) is 2.64. The van der Waals surface area contributed by atoms with Crippen LogP contribution in [0.3, 0.4) is 0 Å². The molecule has 140 valence electrons. The largest absolute Gasteiger partial charge is 0.391 e. The number of rotatable bonds is 6. The van der Waals surface area contributed by atoms with E-state index in [9.17, 15) is 9.90 Å². The Morgan fingerprint density at radius 3 is 2.23 bits per heavy atom. The Labute approximate surface area is 163 Å². The minimum Gasteiger partial charge on any atom is -0.391 e. The van der Waals surface area contributed by atoms with Gasteiger partial charge in [0.2, 0.25) is 0 Å². The van der Waals surface area contributed by atoms with Crippen molar-refractivity contribution in [2.45, 2.75) is 32.4 Å². The number of aliphatic hydroxyl groups excluding tert-OH is 1. The van der Waals surface area contributed by atoms with Crippen molar-refractivity contribution in [2.75, 3.05) is 36.0 Å². The molecule has 1 unspecified atom stereocenters. The summed E-state index contributed by atoms with van der Waals surface area (Å²) in [4.78, 5) is 17.0. The second-order valence-electron chi connectivity index (χ2n) is 6.77. The highest BCUT2D eigenvalue weighted by Gasteiger charge is 2.18. The van der Waals surface area contributed by atoms with Gasteiger partial charge < -0.3 is 19.5 Å². The van der Waals surface area contributed by atoms with E-state index in [0.717, 1.165) is 42.8 Å². The summed E-state index contributed by atoms with van der Waals surface area (Å²) in [7, 11) is 0. The van der Waals surface area contributed by atoms with Crippen LogP contribution in [-0.2, 0) is 6.54 Å². The molecule has 1 aromatic carbocycles. The van der Waals surface area contributed by atoms with Gasteiger partial charge in [-0.25, -0.2) is 0 Å². The number of nitrogens with zero attached hydrogens (tertiary/aromatic N) is 3. The predicted molar refractivity (Wildman–Crippen MR) is 110 cm³/mol. The molecule has 1 atom stereocenters. The Balaban J connectivity index is 1.61. The number of piperazine rings is 1. The fraction of sp³-hybridized carbons (Fsp3) is 0.450. The molecule has 0 aliphatic carbocycles. The first-order valence-corrected chi connectivity index (χ1v) is 10.00. The molecule has 1 fully saturated rings. The first-order chi connectivity index (χ1) is 12.6. The first kappa shape index (κ1) is 19.0. The van der Waals surface area contributed by atoms with Crippen LogP contribution in [0.4, 0.5) is 11.4 Å². The Morgan fingerprint density at radius 1 is 1.04 bits per heavy atom. The molecule has 5 nitrogen and oxygen atoms in total. The van der Waals surface area contributed by atoms with Crippen molar-refractivity contribution in [2.24, 2.45) is 0 Å². The quantitative estimate of drug-likeness (QED) is 0.781. The van der Waals surface area contributed by atoms with Crippen molar-refractivity contribution in [1.82, 2.24) is 4.57 Å². The van der Waals surface area contributed by atoms with Gasteiger partial charge in [0.1, 0.15) is 0 Å².